The number of hydrogen-bond acceptors (Lipinski definition) is 4. The topological polar surface area (TPSA) is 64.6 Å². The van der Waals surface area contributed by atoms with Crippen molar-refractivity contribution in [2.24, 2.45) is 0 Å². The SMILES string of the molecule is C=C1CC(COc2ccc3c(c2)CCC(=O)N3)(c2ccc(-c3ccccc3)cc2)OC1=O. The summed E-state index contributed by atoms with van der Waals surface area (Å²) in [5.41, 5.74) is 4.46. The van der Waals surface area contributed by atoms with Crippen molar-refractivity contribution in [1.82, 2.24) is 0 Å². The Labute approximate surface area is 186 Å². The molecule has 1 saturated heterocycles. The van der Waals surface area contributed by atoms with Crippen LogP contribution in [0, 0.1) is 0 Å². The average Bonchev–Trinajstić information content (AvgIpc) is 3.12. The zero-order valence-corrected chi connectivity index (χ0v) is 17.6. The Morgan fingerprint density at radius 1 is 0.938 bits per heavy atom. The zero-order valence-electron chi connectivity index (χ0n) is 17.6. The fraction of sp³-hybridized carbons (Fsp3) is 0.185. The van der Waals surface area contributed by atoms with Gasteiger partial charge in [-0.15, -0.1) is 0 Å². The molecule has 0 saturated carbocycles. The summed E-state index contributed by atoms with van der Waals surface area (Å²) in [5.74, 6) is 0.308. The average molecular weight is 425 g/mol. The third kappa shape index (κ3) is 3.78. The van der Waals surface area contributed by atoms with Crippen LogP contribution in [-0.2, 0) is 26.3 Å². The van der Waals surface area contributed by atoms with Crippen molar-refractivity contribution in [1.29, 1.82) is 0 Å². The van der Waals surface area contributed by atoms with Gasteiger partial charge in [0, 0.05) is 24.1 Å². The molecule has 0 spiro atoms. The maximum absolute atomic E-state index is 12.3. The summed E-state index contributed by atoms with van der Waals surface area (Å²) in [7, 11) is 0. The molecule has 5 heteroatoms. The summed E-state index contributed by atoms with van der Waals surface area (Å²) in [6, 6.07) is 23.8. The Bertz CT molecular complexity index is 1180. The number of rotatable bonds is 5. The van der Waals surface area contributed by atoms with Crippen LogP contribution in [0.3, 0.4) is 0 Å². The highest BCUT2D eigenvalue weighted by Crippen LogP contribution is 2.40. The summed E-state index contributed by atoms with van der Waals surface area (Å²) in [4.78, 5) is 23.9. The fourth-order valence-corrected chi connectivity index (χ4v) is 4.27. The Hall–Kier alpha value is -3.86. The van der Waals surface area contributed by atoms with Gasteiger partial charge in [0.25, 0.3) is 0 Å². The lowest BCUT2D eigenvalue weighted by atomic mass is 9.89. The van der Waals surface area contributed by atoms with E-state index < -0.39 is 11.6 Å². The van der Waals surface area contributed by atoms with Crippen LogP contribution in [0.4, 0.5) is 5.69 Å². The van der Waals surface area contributed by atoms with Gasteiger partial charge in [0.05, 0.1) is 0 Å². The van der Waals surface area contributed by atoms with Crippen molar-refractivity contribution in [2.75, 3.05) is 11.9 Å². The second-order valence-corrected chi connectivity index (χ2v) is 8.26. The lowest BCUT2D eigenvalue weighted by Crippen LogP contribution is -2.33. The molecule has 2 aliphatic heterocycles. The van der Waals surface area contributed by atoms with Crippen molar-refractivity contribution in [3.05, 3.63) is 96.1 Å². The molecule has 0 bridgehead atoms. The van der Waals surface area contributed by atoms with Gasteiger partial charge in [0.2, 0.25) is 5.91 Å². The first-order valence-electron chi connectivity index (χ1n) is 10.7. The molecule has 5 rings (SSSR count). The molecule has 3 aromatic rings. The van der Waals surface area contributed by atoms with Crippen molar-refractivity contribution >= 4 is 17.6 Å². The number of cyclic esters (lactones) is 1. The monoisotopic (exact) mass is 425 g/mol. The number of ether oxygens (including phenoxy) is 2. The van der Waals surface area contributed by atoms with Crippen molar-refractivity contribution in [3.63, 3.8) is 0 Å². The summed E-state index contributed by atoms with van der Waals surface area (Å²) in [6.45, 7) is 4.04. The Balaban J connectivity index is 1.40. The lowest BCUT2D eigenvalue weighted by molar-refractivity contribution is -0.150. The van der Waals surface area contributed by atoms with Gasteiger partial charge in [-0.05, 0) is 46.9 Å². The molecule has 1 amide bonds. The fourth-order valence-electron chi connectivity index (χ4n) is 4.27. The molecule has 160 valence electrons. The van der Waals surface area contributed by atoms with Gasteiger partial charge in [0.15, 0.2) is 5.60 Å². The molecule has 1 N–H and O–H groups in total. The zero-order chi connectivity index (χ0) is 22.1. The number of aryl methyl sites for hydroxylation is 1. The van der Waals surface area contributed by atoms with Crippen LogP contribution in [0.2, 0.25) is 0 Å². The molecule has 0 aliphatic carbocycles. The minimum absolute atomic E-state index is 0.0282. The number of fused-ring (bicyclic) bond motifs is 1. The minimum atomic E-state index is -0.923. The van der Waals surface area contributed by atoms with Crippen molar-refractivity contribution < 1.29 is 19.1 Å². The number of amides is 1. The van der Waals surface area contributed by atoms with Crippen molar-refractivity contribution in [2.45, 2.75) is 24.9 Å². The number of carbonyl (C=O) groups excluding carboxylic acids is 2. The quantitative estimate of drug-likeness (QED) is 0.461. The predicted molar refractivity (Wildman–Crippen MR) is 122 cm³/mol. The van der Waals surface area contributed by atoms with Crippen LogP contribution < -0.4 is 10.1 Å². The van der Waals surface area contributed by atoms with E-state index >= 15 is 0 Å². The number of anilines is 1. The molecular weight excluding hydrogens is 402 g/mol. The van der Waals surface area contributed by atoms with Gasteiger partial charge in [0.1, 0.15) is 12.4 Å². The van der Waals surface area contributed by atoms with E-state index in [1.165, 1.54) is 0 Å². The maximum atomic E-state index is 12.3. The molecule has 2 aliphatic rings. The molecule has 32 heavy (non-hydrogen) atoms. The standard InChI is InChI=1S/C27H23NO4/c1-18-16-27(32-26(18)30,22-10-7-20(8-11-22)19-5-3-2-4-6-19)17-31-23-12-13-24-21(15-23)9-14-25(29)28-24/h2-8,10-13,15H,1,9,14,16-17H2,(H,28,29). The molecule has 1 atom stereocenters. The molecule has 1 unspecified atom stereocenters. The van der Waals surface area contributed by atoms with Crippen LogP contribution in [0.1, 0.15) is 24.0 Å². The van der Waals surface area contributed by atoms with Crippen LogP contribution in [-0.4, -0.2) is 18.5 Å². The Morgan fingerprint density at radius 2 is 1.69 bits per heavy atom. The van der Waals surface area contributed by atoms with Gasteiger partial charge in [-0.2, -0.15) is 0 Å². The first-order chi connectivity index (χ1) is 15.5. The number of esters is 1. The number of carbonyl (C=O) groups is 2. The first-order valence-corrected chi connectivity index (χ1v) is 10.7. The summed E-state index contributed by atoms with van der Waals surface area (Å²) in [5, 5.41) is 2.87. The molecule has 0 aromatic heterocycles. The van der Waals surface area contributed by atoms with E-state index in [2.05, 4.69) is 24.0 Å². The highest BCUT2D eigenvalue weighted by molar-refractivity contribution is 5.94. The van der Waals surface area contributed by atoms with Gasteiger partial charge < -0.3 is 14.8 Å². The highest BCUT2D eigenvalue weighted by Gasteiger charge is 2.45. The van der Waals surface area contributed by atoms with Crippen LogP contribution in [0.15, 0.2) is 84.9 Å². The molecule has 5 nitrogen and oxygen atoms in total. The summed E-state index contributed by atoms with van der Waals surface area (Å²) < 4.78 is 11.9. The summed E-state index contributed by atoms with van der Waals surface area (Å²) >= 11 is 0. The van der Waals surface area contributed by atoms with E-state index in [1.54, 1.807) is 0 Å². The van der Waals surface area contributed by atoms with E-state index in [1.807, 2.05) is 60.7 Å². The third-order valence-corrected chi connectivity index (χ3v) is 6.04. The molecular formula is C27H23NO4. The highest BCUT2D eigenvalue weighted by atomic mass is 16.6. The minimum Gasteiger partial charge on any atom is -0.489 e. The first kappa shape index (κ1) is 20.1. The van der Waals surface area contributed by atoms with E-state index in [0.717, 1.165) is 27.9 Å². The van der Waals surface area contributed by atoms with Gasteiger partial charge in [-0.1, -0.05) is 61.2 Å². The van der Waals surface area contributed by atoms with E-state index in [4.69, 9.17) is 9.47 Å². The van der Waals surface area contributed by atoms with Gasteiger partial charge in [-0.3, -0.25) is 4.79 Å². The second kappa shape index (κ2) is 8.00. The normalized spacial score (nSPS) is 19.8. The van der Waals surface area contributed by atoms with Crippen molar-refractivity contribution in [3.8, 4) is 16.9 Å². The number of benzene rings is 3. The van der Waals surface area contributed by atoms with E-state index in [9.17, 15) is 9.59 Å². The van der Waals surface area contributed by atoms with Gasteiger partial charge >= 0.3 is 5.97 Å². The Kier molecular flexibility index (Phi) is 5.02. The molecule has 3 aromatic carbocycles. The van der Waals surface area contributed by atoms with Crippen LogP contribution >= 0.6 is 0 Å². The molecule has 1 fully saturated rings. The molecule has 2 heterocycles. The second-order valence-electron chi connectivity index (χ2n) is 8.26. The van der Waals surface area contributed by atoms with Crippen LogP contribution in [0.25, 0.3) is 11.1 Å². The van der Waals surface area contributed by atoms with Crippen LogP contribution in [0.5, 0.6) is 5.75 Å². The maximum Gasteiger partial charge on any atom is 0.334 e. The smallest absolute Gasteiger partial charge is 0.334 e. The number of nitrogens with one attached hydrogen (secondary N) is 1. The largest absolute Gasteiger partial charge is 0.489 e. The van der Waals surface area contributed by atoms with E-state index in [0.29, 0.717) is 30.6 Å². The number of hydrogen-bond donors (Lipinski definition) is 1. The van der Waals surface area contributed by atoms with Gasteiger partial charge in [-0.25, -0.2) is 4.79 Å². The Morgan fingerprint density at radius 3 is 2.41 bits per heavy atom. The lowest BCUT2D eigenvalue weighted by Gasteiger charge is -2.28. The predicted octanol–water partition coefficient (Wildman–Crippen LogP) is 5.02. The molecule has 0 radical (unpaired) electrons. The van der Waals surface area contributed by atoms with E-state index in [-0.39, 0.29) is 12.5 Å². The third-order valence-electron chi connectivity index (χ3n) is 6.04. The summed E-state index contributed by atoms with van der Waals surface area (Å²) in [6.07, 6.45) is 1.51.